The van der Waals surface area contributed by atoms with E-state index < -0.39 is 0 Å². The van der Waals surface area contributed by atoms with Gasteiger partial charge in [-0.15, -0.1) is 0 Å². The van der Waals surface area contributed by atoms with E-state index in [1.54, 1.807) is 6.07 Å². The Bertz CT molecular complexity index is 1290. The van der Waals surface area contributed by atoms with Crippen LogP contribution in [0.15, 0.2) is 79.0 Å². The van der Waals surface area contributed by atoms with Crippen molar-refractivity contribution in [2.45, 2.75) is 57.8 Å². The standard InChI is InChI=1S/C31H32N2O/c1-3-5-18-31(19-6-4-2)25-15-14-22(27-12-9-10-20-32-27)21-24(25)30-26(31)16-17-28(33-30)23-11-7-8-13-29(23)34/h7-17,20-21,34H,3-6,18-19H2,1-2H3. The van der Waals surface area contributed by atoms with Gasteiger partial charge in [-0.2, -0.15) is 0 Å². The molecule has 2 aromatic heterocycles. The Morgan fingerprint density at radius 1 is 0.735 bits per heavy atom. The van der Waals surface area contributed by atoms with Gasteiger partial charge < -0.3 is 5.11 Å². The molecule has 2 heterocycles. The largest absolute Gasteiger partial charge is 0.507 e. The maximum absolute atomic E-state index is 10.5. The van der Waals surface area contributed by atoms with Crippen LogP contribution in [0.2, 0.25) is 0 Å². The zero-order valence-electron chi connectivity index (χ0n) is 20.1. The molecule has 1 aliphatic carbocycles. The third-order valence-electron chi connectivity index (χ3n) is 7.26. The van der Waals surface area contributed by atoms with Crippen LogP contribution in [0.3, 0.4) is 0 Å². The fraction of sp³-hybridized carbons (Fsp3) is 0.290. The molecule has 0 spiro atoms. The molecule has 4 aromatic rings. The van der Waals surface area contributed by atoms with E-state index in [2.05, 4.69) is 55.2 Å². The van der Waals surface area contributed by atoms with Crippen molar-refractivity contribution < 1.29 is 5.11 Å². The molecular formula is C31H32N2O. The molecule has 34 heavy (non-hydrogen) atoms. The maximum Gasteiger partial charge on any atom is 0.124 e. The van der Waals surface area contributed by atoms with Crippen LogP contribution in [0, 0.1) is 0 Å². The molecule has 1 aliphatic rings. The van der Waals surface area contributed by atoms with E-state index in [0.29, 0.717) is 0 Å². The third-order valence-corrected chi connectivity index (χ3v) is 7.26. The second kappa shape index (κ2) is 9.42. The Hall–Kier alpha value is -3.46. The highest BCUT2D eigenvalue weighted by Gasteiger charge is 2.43. The molecular weight excluding hydrogens is 416 g/mol. The summed E-state index contributed by atoms with van der Waals surface area (Å²) in [5.74, 6) is 0.263. The van der Waals surface area contributed by atoms with Crippen molar-refractivity contribution in [1.29, 1.82) is 0 Å². The molecule has 0 amide bonds. The van der Waals surface area contributed by atoms with Gasteiger partial charge in [0.1, 0.15) is 5.75 Å². The summed E-state index contributed by atoms with van der Waals surface area (Å²) in [4.78, 5) is 9.78. The lowest BCUT2D eigenvalue weighted by atomic mass is 9.71. The van der Waals surface area contributed by atoms with Crippen LogP contribution in [0.4, 0.5) is 0 Å². The summed E-state index contributed by atoms with van der Waals surface area (Å²) < 4.78 is 0. The SMILES string of the molecule is CCCCC1(CCCC)c2ccc(-c3ccccn3)cc2-c2nc(-c3ccccc3O)ccc21. The first-order chi connectivity index (χ1) is 16.7. The van der Waals surface area contributed by atoms with Crippen LogP contribution in [-0.2, 0) is 5.41 Å². The van der Waals surface area contributed by atoms with Crippen LogP contribution < -0.4 is 0 Å². The summed E-state index contributed by atoms with van der Waals surface area (Å²) >= 11 is 0. The van der Waals surface area contributed by atoms with E-state index in [0.717, 1.165) is 41.1 Å². The smallest absolute Gasteiger partial charge is 0.124 e. The predicted molar refractivity (Wildman–Crippen MR) is 140 cm³/mol. The van der Waals surface area contributed by atoms with Crippen molar-refractivity contribution in [2.75, 3.05) is 0 Å². The minimum atomic E-state index is -0.0103. The number of phenolic OH excluding ortho intramolecular Hbond substituents is 1. The van der Waals surface area contributed by atoms with Gasteiger partial charge in [0.05, 0.1) is 17.1 Å². The van der Waals surface area contributed by atoms with Crippen molar-refractivity contribution >= 4 is 0 Å². The second-order valence-corrected chi connectivity index (χ2v) is 9.37. The van der Waals surface area contributed by atoms with E-state index >= 15 is 0 Å². The highest BCUT2D eigenvalue weighted by molar-refractivity contribution is 5.84. The highest BCUT2D eigenvalue weighted by Crippen LogP contribution is 2.54. The number of unbranched alkanes of at least 4 members (excludes halogenated alkanes) is 2. The Morgan fingerprint density at radius 2 is 1.47 bits per heavy atom. The molecule has 1 N–H and O–H groups in total. The molecule has 0 bridgehead atoms. The minimum Gasteiger partial charge on any atom is -0.507 e. The van der Waals surface area contributed by atoms with Crippen LogP contribution in [0.1, 0.15) is 63.5 Å². The number of aromatic hydroxyl groups is 1. The van der Waals surface area contributed by atoms with Gasteiger partial charge in [-0.3, -0.25) is 4.98 Å². The zero-order valence-corrected chi connectivity index (χ0v) is 20.1. The first-order valence-electron chi connectivity index (χ1n) is 12.5. The van der Waals surface area contributed by atoms with Crippen molar-refractivity contribution in [3.05, 3.63) is 90.1 Å². The van der Waals surface area contributed by atoms with E-state index in [1.165, 1.54) is 42.4 Å². The minimum absolute atomic E-state index is 0.0103. The molecule has 2 aromatic carbocycles. The first-order valence-corrected chi connectivity index (χ1v) is 12.5. The number of rotatable bonds is 8. The summed E-state index contributed by atoms with van der Waals surface area (Å²) in [6.45, 7) is 4.54. The summed E-state index contributed by atoms with van der Waals surface area (Å²) in [5, 5.41) is 10.5. The van der Waals surface area contributed by atoms with Gasteiger partial charge in [-0.25, -0.2) is 4.98 Å². The van der Waals surface area contributed by atoms with E-state index in [9.17, 15) is 5.11 Å². The molecule has 0 saturated heterocycles. The van der Waals surface area contributed by atoms with Crippen molar-refractivity contribution in [3.63, 3.8) is 0 Å². The Labute approximate surface area is 202 Å². The molecule has 0 atom stereocenters. The molecule has 172 valence electrons. The van der Waals surface area contributed by atoms with E-state index in [1.807, 2.05) is 36.5 Å². The van der Waals surface area contributed by atoms with Crippen LogP contribution in [-0.4, -0.2) is 15.1 Å². The first kappa shape index (κ1) is 22.3. The second-order valence-electron chi connectivity index (χ2n) is 9.37. The average Bonchev–Trinajstić information content (AvgIpc) is 3.15. The summed E-state index contributed by atoms with van der Waals surface area (Å²) in [6.07, 6.45) is 8.82. The van der Waals surface area contributed by atoms with Crippen molar-refractivity contribution in [1.82, 2.24) is 9.97 Å². The average molecular weight is 449 g/mol. The lowest BCUT2D eigenvalue weighted by molar-refractivity contribution is 0.414. The zero-order chi connectivity index (χ0) is 23.5. The number of para-hydroxylation sites is 1. The summed E-state index contributed by atoms with van der Waals surface area (Å²) in [6, 6.07) is 24.7. The number of phenols is 1. The Morgan fingerprint density at radius 3 is 2.18 bits per heavy atom. The normalized spacial score (nSPS) is 13.5. The fourth-order valence-electron chi connectivity index (χ4n) is 5.51. The van der Waals surface area contributed by atoms with Crippen LogP contribution in [0.5, 0.6) is 5.75 Å². The summed E-state index contributed by atoms with van der Waals surface area (Å²) in [5.41, 5.74) is 8.66. The lowest BCUT2D eigenvalue weighted by Gasteiger charge is -2.32. The number of aromatic nitrogens is 2. The maximum atomic E-state index is 10.5. The number of hydrogen-bond donors (Lipinski definition) is 1. The molecule has 5 rings (SSSR count). The van der Waals surface area contributed by atoms with Gasteiger partial charge in [0.25, 0.3) is 0 Å². The molecule has 0 radical (unpaired) electrons. The topological polar surface area (TPSA) is 46.0 Å². The van der Waals surface area contributed by atoms with Gasteiger partial charge in [0.2, 0.25) is 0 Å². The number of pyridine rings is 2. The Kier molecular flexibility index (Phi) is 6.19. The van der Waals surface area contributed by atoms with Gasteiger partial charge in [0.15, 0.2) is 0 Å². The quantitative estimate of drug-likeness (QED) is 0.296. The van der Waals surface area contributed by atoms with Gasteiger partial charge >= 0.3 is 0 Å². The summed E-state index contributed by atoms with van der Waals surface area (Å²) in [7, 11) is 0. The molecule has 0 unspecified atom stereocenters. The lowest BCUT2D eigenvalue weighted by Crippen LogP contribution is -2.25. The molecule has 0 fully saturated rings. The van der Waals surface area contributed by atoms with Crippen LogP contribution >= 0.6 is 0 Å². The van der Waals surface area contributed by atoms with Crippen molar-refractivity contribution in [2.24, 2.45) is 0 Å². The van der Waals surface area contributed by atoms with E-state index in [4.69, 9.17) is 4.98 Å². The van der Waals surface area contributed by atoms with Crippen molar-refractivity contribution in [3.8, 4) is 39.5 Å². The Balaban J connectivity index is 1.73. The monoisotopic (exact) mass is 448 g/mol. The third kappa shape index (κ3) is 3.79. The number of benzene rings is 2. The predicted octanol–water partition coefficient (Wildman–Crippen LogP) is 8.16. The molecule has 3 nitrogen and oxygen atoms in total. The van der Waals surface area contributed by atoms with Gasteiger partial charge in [-0.1, -0.05) is 75.9 Å². The van der Waals surface area contributed by atoms with Gasteiger partial charge in [0, 0.05) is 28.3 Å². The van der Waals surface area contributed by atoms with E-state index in [-0.39, 0.29) is 11.2 Å². The van der Waals surface area contributed by atoms with Gasteiger partial charge in [-0.05, 0) is 60.4 Å². The number of fused-ring (bicyclic) bond motifs is 3. The number of nitrogens with zero attached hydrogens (tertiary/aromatic N) is 2. The molecule has 0 saturated carbocycles. The molecule has 3 heteroatoms. The highest BCUT2D eigenvalue weighted by atomic mass is 16.3. The molecule has 0 aliphatic heterocycles. The van der Waals surface area contributed by atoms with Crippen LogP contribution in [0.25, 0.3) is 33.8 Å². The number of hydrogen-bond acceptors (Lipinski definition) is 3. The fourth-order valence-corrected chi connectivity index (χ4v) is 5.51.